The van der Waals surface area contributed by atoms with Crippen LogP contribution in [0.15, 0.2) is 33.6 Å². The number of hydrogen-bond donors (Lipinski definition) is 1. The average Bonchev–Trinajstić information content (AvgIpc) is 2.78. The summed E-state index contributed by atoms with van der Waals surface area (Å²) in [6.45, 7) is 0. The van der Waals surface area contributed by atoms with Crippen molar-refractivity contribution in [1.29, 1.82) is 0 Å². The Kier molecular flexibility index (Phi) is 2.91. The Morgan fingerprint density at radius 1 is 1.31 bits per heavy atom. The van der Waals surface area contributed by atoms with Crippen LogP contribution in [0.5, 0.6) is 0 Å². The summed E-state index contributed by atoms with van der Waals surface area (Å²) in [6, 6.07) is 7.44. The van der Waals surface area contributed by atoms with E-state index in [0.717, 1.165) is 4.90 Å². The Morgan fingerprint density at radius 3 is 2.50 bits per heavy atom. The summed E-state index contributed by atoms with van der Waals surface area (Å²) in [5, 5.41) is 15.7. The van der Waals surface area contributed by atoms with E-state index in [9.17, 15) is 4.79 Å². The third-order valence-corrected chi connectivity index (χ3v) is 2.69. The molecule has 2 rings (SSSR count). The summed E-state index contributed by atoms with van der Waals surface area (Å²) in [6.07, 6.45) is 1.98. The Morgan fingerprint density at radius 2 is 2.00 bits per heavy atom. The Hall–Kier alpha value is -1.82. The largest absolute Gasteiger partial charge is 0.474 e. The molecule has 0 spiro atoms. The fourth-order valence-electron chi connectivity index (χ4n) is 1.16. The van der Waals surface area contributed by atoms with E-state index in [1.54, 1.807) is 11.8 Å². The number of aromatic carboxylic acids is 1. The first-order chi connectivity index (χ1) is 7.70. The second-order valence-electron chi connectivity index (χ2n) is 2.95. The van der Waals surface area contributed by atoms with Crippen LogP contribution in [0.2, 0.25) is 0 Å². The lowest BCUT2D eigenvalue weighted by atomic mass is 10.2. The lowest BCUT2D eigenvalue weighted by Gasteiger charge is -1.96. The Labute approximate surface area is 95.5 Å². The van der Waals surface area contributed by atoms with Crippen LogP contribution in [0, 0.1) is 0 Å². The second-order valence-corrected chi connectivity index (χ2v) is 3.83. The molecule has 1 heterocycles. The molecule has 2 aromatic rings. The number of nitrogens with zero attached hydrogens (tertiary/aromatic N) is 2. The highest BCUT2D eigenvalue weighted by Gasteiger charge is 2.13. The van der Waals surface area contributed by atoms with Gasteiger partial charge in [-0.1, -0.05) is 0 Å². The molecule has 6 heteroatoms. The van der Waals surface area contributed by atoms with Crippen molar-refractivity contribution in [2.45, 2.75) is 4.90 Å². The van der Waals surface area contributed by atoms with Gasteiger partial charge in [-0.25, -0.2) is 4.79 Å². The van der Waals surface area contributed by atoms with Gasteiger partial charge in [0.25, 0.3) is 0 Å². The molecule has 0 atom stereocenters. The highest BCUT2D eigenvalue weighted by atomic mass is 32.2. The lowest BCUT2D eigenvalue weighted by Crippen LogP contribution is -1.95. The maximum atomic E-state index is 10.5. The molecule has 0 aliphatic carbocycles. The molecule has 0 aliphatic heterocycles. The first-order valence-electron chi connectivity index (χ1n) is 4.42. The molecule has 0 saturated carbocycles. The standard InChI is InChI=1S/C10H8N2O3S/c1-16-7-4-2-6(3-5-7)8-11-12-9(15-8)10(13)14/h2-5H,1H3,(H,13,14). The highest BCUT2D eigenvalue weighted by Crippen LogP contribution is 2.21. The summed E-state index contributed by atoms with van der Waals surface area (Å²) in [5.74, 6) is -1.41. The summed E-state index contributed by atoms with van der Waals surface area (Å²) < 4.78 is 4.98. The first kappa shape index (κ1) is 10.7. The predicted octanol–water partition coefficient (Wildman–Crippen LogP) is 2.16. The van der Waals surface area contributed by atoms with Gasteiger partial charge in [0.05, 0.1) is 0 Å². The van der Waals surface area contributed by atoms with Crippen LogP contribution in [0.1, 0.15) is 10.7 Å². The van der Waals surface area contributed by atoms with Crippen LogP contribution < -0.4 is 0 Å². The van der Waals surface area contributed by atoms with Crippen LogP contribution in [0.3, 0.4) is 0 Å². The van der Waals surface area contributed by atoms with Gasteiger partial charge < -0.3 is 9.52 Å². The molecule has 1 aromatic carbocycles. The van der Waals surface area contributed by atoms with Gasteiger partial charge in [0.2, 0.25) is 5.89 Å². The number of thioether (sulfide) groups is 1. The zero-order valence-electron chi connectivity index (χ0n) is 8.38. The van der Waals surface area contributed by atoms with E-state index in [2.05, 4.69) is 10.2 Å². The topological polar surface area (TPSA) is 76.2 Å². The summed E-state index contributed by atoms with van der Waals surface area (Å²) >= 11 is 1.62. The zero-order valence-corrected chi connectivity index (χ0v) is 9.19. The summed E-state index contributed by atoms with van der Waals surface area (Å²) in [5.41, 5.74) is 0.706. The molecule has 0 aliphatic rings. The van der Waals surface area contributed by atoms with Gasteiger partial charge in [-0.05, 0) is 30.5 Å². The van der Waals surface area contributed by atoms with Gasteiger partial charge in [0.15, 0.2) is 0 Å². The van der Waals surface area contributed by atoms with Gasteiger partial charge in [-0.3, -0.25) is 0 Å². The molecule has 0 bridgehead atoms. The van der Waals surface area contributed by atoms with Crippen molar-refractivity contribution in [3.8, 4) is 11.5 Å². The van der Waals surface area contributed by atoms with Crippen LogP contribution in [-0.4, -0.2) is 27.5 Å². The fourth-order valence-corrected chi connectivity index (χ4v) is 1.57. The Bertz CT molecular complexity index is 507. The van der Waals surface area contributed by atoms with Crippen LogP contribution >= 0.6 is 11.8 Å². The lowest BCUT2D eigenvalue weighted by molar-refractivity contribution is 0.0654. The van der Waals surface area contributed by atoms with E-state index in [1.807, 2.05) is 30.5 Å². The third-order valence-electron chi connectivity index (χ3n) is 1.94. The number of rotatable bonds is 3. The van der Waals surface area contributed by atoms with Gasteiger partial charge >= 0.3 is 11.9 Å². The maximum absolute atomic E-state index is 10.5. The fraction of sp³-hybridized carbons (Fsp3) is 0.100. The summed E-state index contributed by atoms with van der Waals surface area (Å²) in [4.78, 5) is 11.7. The SMILES string of the molecule is CSc1ccc(-c2nnc(C(=O)O)o2)cc1. The van der Waals surface area contributed by atoms with Crippen molar-refractivity contribution in [3.05, 3.63) is 30.2 Å². The Balaban J connectivity index is 2.31. The van der Waals surface area contributed by atoms with Crippen molar-refractivity contribution in [3.63, 3.8) is 0 Å². The number of carboxylic acids is 1. The number of hydrogen-bond acceptors (Lipinski definition) is 5. The summed E-state index contributed by atoms with van der Waals surface area (Å²) in [7, 11) is 0. The molecule has 82 valence electrons. The molecule has 0 unspecified atom stereocenters. The highest BCUT2D eigenvalue weighted by molar-refractivity contribution is 7.98. The molecule has 1 N–H and O–H groups in total. The van der Waals surface area contributed by atoms with E-state index in [1.165, 1.54) is 0 Å². The van der Waals surface area contributed by atoms with E-state index in [-0.39, 0.29) is 5.89 Å². The van der Waals surface area contributed by atoms with Crippen molar-refractivity contribution in [2.75, 3.05) is 6.26 Å². The molecule has 0 radical (unpaired) electrons. The number of carboxylic acid groups (broad SMARTS) is 1. The molecule has 0 saturated heterocycles. The van der Waals surface area contributed by atoms with E-state index >= 15 is 0 Å². The minimum Gasteiger partial charge on any atom is -0.474 e. The molecular weight excluding hydrogens is 228 g/mol. The molecule has 0 amide bonds. The van der Waals surface area contributed by atoms with E-state index < -0.39 is 11.9 Å². The monoisotopic (exact) mass is 236 g/mol. The van der Waals surface area contributed by atoms with Gasteiger partial charge in [-0.2, -0.15) is 0 Å². The predicted molar refractivity (Wildman–Crippen MR) is 58.5 cm³/mol. The molecular formula is C10H8N2O3S. The number of benzene rings is 1. The van der Waals surface area contributed by atoms with E-state index in [0.29, 0.717) is 5.56 Å². The minimum atomic E-state index is -1.22. The molecule has 5 nitrogen and oxygen atoms in total. The smallest absolute Gasteiger partial charge is 0.393 e. The van der Waals surface area contributed by atoms with Crippen LogP contribution in [0.4, 0.5) is 0 Å². The molecule has 1 aromatic heterocycles. The second kappa shape index (κ2) is 4.36. The van der Waals surface area contributed by atoms with Gasteiger partial charge in [0, 0.05) is 10.5 Å². The average molecular weight is 236 g/mol. The maximum Gasteiger partial charge on any atom is 0.393 e. The number of carbonyl (C=O) groups is 1. The molecule has 0 fully saturated rings. The third kappa shape index (κ3) is 2.06. The minimum absolute atomic E-state index is 0.213. The first-order valence-corrected chi connectivity index (χ1v) is 5.64. The van der Waals surface area contributed by atoms with Crippen molar-refractivity contribution >= 4 is 17.7 Å². The van der Waals surface area contributed by atoms with Gasteiger partial charge in [0.1, 0.15) is 0 Å². The van der Waals surface area contributed by atoms with Crippen LogP contribution in [-0.2, 0) is 0 Å². The van der Waals surface area contributed by atoms with Gasteiger partial charge in [-0.15, -0.1) is 22.0 Å². The molecule has 16 heavy (non-hydrogen) atoms. The quantitative estimate of drug-likeness (QED) is 0.823. The van der Waals surface area contributed by atoms with E-state index in [4.69, 9.17) is 9.52 Å². The normalized spacial score (nSPS) is 10.3. The number of aromatic nitrogens is 2. The zero-order chi connectivity index (χ0) is 11.5. The van der Waals surface area contributed by atoms with Crippen LogP contribution in [0.25, 0.3) is 11.5 Å². The van der Waals surface area contributed by atoms with Crippen molar-refractivity contribution < 1.29 is 14.3 Å². The van der Waals surface area contributed by atoms with Crippen molar-refractivity contribution in [2.24, 2.45) is 0 Å². The van der Waals surface area contributed by atoms with Crippen molar-refractivity contribution in [1.82, 2.24) is 10.2 Å².